The molecule has 1 saturated heterocycles. The van der Waals surface area contributed by atoms with Crippen molar-refractivity contribution in [3.63, 3.8) is 0 Å². The second kappa shape index (κ2) is 7.85. The molecule has 0 unspecified atom stereocenters. The van der Waals surface area contributed by atoms with Gasteiger partial charge in [0, 0.05) is 24.1 Å². The lowest BCUT2D eigenvalue weighted by Gasteiger charge is -2.34. The van der Waals surface area contributed by atoms with Crippen LogP contribution in [0.3, 0.4) is 0 Å². The van der Waals surface area contributed by atoms with Crippen LogP contribution in [0.25, 0.3) is 10.9 Å². The summed E-state index contributed by atoms with van der Waals surface area (Å²) < 4.78 is 12.2. The van der Waals surface area contributed by atoms with Crippen LogP contribution in [-0.4, -0.2) is 64.0 Å². The van der Waals surface area contributed by atoms with Crippen molar-refractivity contribution in [2.24, 2.45) is 0 Å². The minimum atomic E-state index is -0.527. The molecular formula is C18H23BrN4O4. The maximum Gasteiger partial charge on any atom is 0.410 e. The van der Waals surface area contributed by atoms with Crippen LogP contribution >= 0.6 is 15.9 Å². The summed E-state index contributed by atoms with van der Waals surface area (Å²) >= 11 is 3.42. The number of fused-ring (bicyclic) bond motifs is 1. The molecule has 0 aliphatic carbocycles. The zero-order chi connectivity index (χ0) is 19.6. The van der Waals surface area contributed by atoms with Gasteiger partial charge in [-0.2, -0.15) is 0 Å². The Hall–Kier alpha value is -2.13. The van der Waals surface area contributed by atoms with Crippen LogP contribution in [0.4, 0.5) is 4.79 Å². The SMILES string of the molecule is CC(C)(C)OC(=O)N1CCN[C@@H](COc2cc(Br)cc3ncnc(O)c23)C1. The fraction of sp³-hybridized carbons (Fsp3) is 0.500. The van der Waals surface area contributed by atoms with Crippen LogP contribution in [0.2, 0.25) is 0 Å². The summed E-state index contributed by atoms with van der Waals surface area (Å²) in [6.45, 7) is 7.57. The molecule has 1 aromatic carbocycles. The molecule has 0 bridgehead atoms. The van der Waals surface area contributed by atoms with Crippen molar-refractivity contribution < 1.29 is 19.4 Å². The molecule has 0 radical (unpaired) electrons. The van der Waals surface area contributed by atoms with Crippen molar-refractivity contribution in [2.75, 3.05) is 26.2 Å². The van der Waals surface area contributed by atoms with Gasteiger partial charge in [-0.3, -0.25) is 0 Å². The summed E-state index contributed by atoms with van der Waals surface area (Å²) in [4.78, 5) is 21.9. The Morgan fingerprint density at radius 1 is 1.41 bits per heavy atom. The molecule has 2 N–H and O–H groups in total. The Kier molecular flexibility index (Phi) is 5.71. The lowest BCUT2D eigenvalue weighted by molar-refractivity contribution is 0.0178. The number of amides is 1. The minimum absolute atomic E-state index is 0.0629. The van der Waals surface area contributed by atoms with E-state index in [2.05, 4.69) is 31.2 Å². The van der Waals surface area contributed by atoms with Crippen LogP contribution in [-0.2, 0) is 4.74 Å². The molecule has 1 aliphatic heterocycles. The largest absolute Gasteiger partial charge is 0.493 e. The van der Waals surface area contributed by atoms with E-state index in [1.807, 2.05) is 20.8 Å². The van der Waals surface area contributed by atoms with Gasteiger partial charge >= 0.3 is 6.09 Å². The standard InChI is InChI=1S/C18H23BrN4O4/c1-18(2,3)27-17(25)23-5-4-20-12(8-23)9-26-14-7-11(19)6-13-15(14)16(24)22-10-21-13/h6-7,10,12,20H,4-5,8-9H2,1-3H3,(H,21,22,24)/t12-/m1/s1. The van der Waals surface area contributed by atoms with Gasteiger partial charge in [-0.15, -0.1) is 0 Å². The molecule has 2 aromatic rings. The summed E-state index contributed by atoms with van der Waals surface area (Å²) in [7, 11) is 0. The Morgan fingerprint density at radius 2 is 2.19 bits per heavy atom. The van der Waals surface area contributed by atoms with E-state index in [0.717, 1.165) is 4.47 Å². The second-order valence-corrected chi connectivity index (χ2v) is 8.30. The van der Waals surface area contributed by atoms with E-state index in [1.165, 1.54) is 6.33 Å². The first-order valence-electron chi connectivity index (χ1n) is 8.70. The van der Waals surface area contributed by atoms with Crippen LogP contribution in [0, 0.1) is 0 Å². The number of aromatic nitrogens is 2. The number of aromatic hydroxyl groups is 1. The summed E-state index contributed by atoms with van der Waals surface area (Å²) in [5.41, 5.74) is 0.0552. The van der Waals surface area contributed by atoms with Gasteiger partial charge in [0.1, 0.15) is 29.7 Å². The molecule has 1 atom stereocenters. The van der Waals surface area contributed by atoms with Gasteiger partial charge in [0.15, 0.2) is 0 Å². The number of carbonyl (C=O) groups excluding carboxylic acids is 1. The number of halogens is 1. The average molecular weight is 439 g/mol. The second-order valence-electron chi connectivity index (χ2n) is 7.38. The van der Waals surface area contributed by atoms with E-state index < -0.39 is 5.60 Å². The smallest absolute Gasteiger partial charge is 0.410 e. The van der Waals surface area contributed by atoms with Gasteiger partial charge in [0.25, 0.3) is 0 Å². The topological polar surface area (TPSA) is 96.8 Å². The fourth-order valence-corrected chi connectivity index (χ4v) is 3.26. The number of nitrogens with zero attached hydrogens (tertiary/aromatic N) is 3. The van der Waals surface area contributed by atoms with Gasteiger partial charge in [0.2, 0.25) is 5.88 Å². The summed E-state index contributed by atoms with van der Waals surface area (Å²) in [6.07, 6.45) is 0.975. The molecule has 1 amide bonds. The van der Waals surface area contributed by atoms with Crippen molar-refractivity contribution in [3.05, 3.63) is 22.9 Å². The van der Waals surface area contributed by atoms with Gasteiger partial charge in [0.05, 0.1) is 11.6 Å². The average Bonchev–Trinajstić information content (AvgIpc) is 2.58. The molecule has 1 fully saturated rings. The molecule has 3 rings (SSSR count). The minimum Gasteiger partial charge on any atom is -0.493 e. The van der Waals surface area contributed by atoms with Gasteiger partial charge < -0.3 is 24.8 Å². The highest BCUT2D eigenvalue weighted by atomic mass is 79.9. The quantitative estimate of drug-likeness (QED) is 0.759. The maximum absolute atomic E-state index is 12.3. The number of hydrogen-bond acceptors (Lipinski definition) is 7. The highest BCUT2D eigenvalue weighted by Gasteiger charge is 2.28. The first-order valence-corrected chi connectivity index (χ1v) is 9.49. The third-order valence-corrected chi connectivity index (χ3v) is 4.45. The summed E-state index contributed by atoms with van der Waals surface area (Å²) in [5.74, 6) is 0.350. The van der Waals surface area contributed by atoms with Gasteiger partial charge in [-0.25, -0.2) is 14.8 Å². The highest BCUT2D eigenvalue weighted by Crippen LogP contribution is 2.33. The zero-order valence-electron chi connectivity index (χ0n) is 15.5. The Morgan fingerprint density at radius 3 is 2.93 bits per heavy atom. The van der Waals surface area contributed by atoms with E-state index in [0.29, 0.717) is 42.9 Å². The first kappa shape index (κ1) is 19.6. The number of benzene rings is 1. The molecular weight excluding hydrogens is 416 g/mol. The predicted molar refractivity (Wildman–Crippen MR) is 104 cm³/mol. The molecule has 9 heteroatoms. The third kappa shape index (κ3) is 4.98. The number of nitrogens with one attached hydrogen (secondary N) is 1. The zero-order valence-corrected chi connectivity index (χ0v) is 17.1. The number of carbonyl (C=O) groups is 1. The Balaban J connectivity index is 1.68. The summed E-state index contributed by atoms with van der Waals surface area (Å²) in [6, 6.07) is 3.49. The fourth-order valence-electron chi connectivity index (χ4n) is 2.84. The van der Waals surface area contributed by atoms with Crippen LogP contribution in [0.5, 0.6) is 11.6 Å². The highest BCUT2D eigenvalue weighted by molar-refractivity contribution is 9.10. The molecule has 1 aliphatic rings. The van der Waals surface area contributed by atoms with Crippen molar-refractivity contribution in [1.29, 1.82) is 0 Å². The predicted octanol–water partition coefficient (Wildman–Crippen LogP) is 2.69. The number of rotatable bonds is 3. The van der Waals surface area contributed by atoms with Crippen LogP contribution in [0.1, 0.15) is 20.8 Å². The van der Waals surface area contributed by atoms with Gasteiger partial charge in [-0.05, 0) is 32.9 Å². The van der Waals surface area contributed by atoms with Crippen LogP contribution in [0.15, 0.2) is 22.9 Å². The molecule has 27 heavy (non-hydrogen) atoms. The van der Waals surface area contributed by atoms with E-state index in [9.17, 15) is 9.90 Å². The van der Waals surface area contributed by atoms with E-state index in [1.54, 1.807) is 17.0 Å². The van der Waals surface area contributed by atoms with Crippen molar-refractivity contribution >= 4 is 32.9 Å². The lowest BCUT2D eigenvalue weighted by atomic mass is 10.2. The van der Waals surface area contributed by atoms with Crippen LogP contribution < -0.4 is 10.1 Å². The first-order chi connectivity index (χ1) is 12.7. The molecule has 0 spiro atoms. The number of hydrogen-bond donors (Lipinski definition) is 2. The van der Waals surface area contributed by atoms with Crippen molar-refractivity contribution in [3.8, 4) is 11.6 Å². The van der Waals surface area contributed by atoms with Crippen molar-refractivity contribution in [1.82, 2.24) is 20.2 Å². The molecule has 146 valence electrons. The molecule has 0 saturated carbocycles. The lowest BCUT2D eigenvalue weighted by Crippen LogP contribution is -2.55. The number of ether oxygens (including phenoxy) is 2. The van der Waals surface area contributed by atoms with E-state index in [-0.39, 0.29) is 18.0 Å². The van der Waals surface area contributed by atoms with Crippen molar-refractivity contribution in [2.45, 2.75) is 32.4 Å². The monoisotopic (exact) mass is 438 g/mol. The Labute approximate surface area is 166 Å². The molecule has 8 nitrogen and oxygen atoms in total. The summed E-state index contributed by atoms with van der Waals surface area (Å²) in [5, 5.41) is 13.9. The third-order valence-electron chi connectivity index (χ3n) is 3.99. The number of piperazine rings is 1. The maximum atomic E-state index is 12.3. The Bertz CT molecular complexity index is 840. The van der Waals surface area contributed by atoms with Gasteiger partial charge in [-0.1, -0.05) is 15.9 Å². The normalized spacial score (nSPS) is 17.8. The van der Waals surface area contributed by atoms with E-state index in [4.69, 9.17) is 9.47 Å². The molecule has 1 aromatic heterocycles. The van der Waals surface area contributed by atoms with E-state index >= 15 is 0 Å². The molecule has 2 heterocycles.